The second-order valence-electron chi connectivity index (χ2n) is 6.30. The Bertz CT molecular complexity index is 623. The molecule has 126 valence electrons. The van der Waals surface area contributed by atoms with Gasteiger partial charge in [-0.05, 0) is 42.9 Å². The van der Waals surface area contributed by atoms with E-state index in [4.69, 9.17) is 4.74 Å². The smallest absolute Gasteiger partial charge is 0.253 e. The maximum atomic E-state index is 12.4. The largest absolute Gasteiger partial charge is 0.377 e. The summed E-state index contributed by atoms with van der Waals surface area (Å²) < 4.78 is 5.78. The molecular formula is C20H24N2O2. The van der Waals surface area contributed by atoms with Crippen LogP contribution in [0.5, 0.6) is 0 Å². The van der Waals surface area contributed by atoms with Gasteiger partial charge in [0.2, 0.25) is 0 Å². The van der Waals surface area contributed by atoms with Crippen LogP contribution in [0.15, 0.2) is 54.9 Å². The molecule has 1 aliphatic rings. The molecule has 0 saturated carbocycles. The first kappa shape index (κ1) is 16.7. The molecule has 0 unspecified atom stereocenters. The third-order valence-electron chi connectivity index (χ3n) is 4.61. The maximum absolute atomic E-state index is 12.4. The fourth-order valence-electron chi connectivity index (χ4n) is 3.12. The van der Waals surface area contributed by atoms with Gasteiger partial charge >= 0.3 is 0 Å². The van der Waals surface area contributed by atoms with Crippen LogP contribution in [0.1, 0.15) is 35.2 Å². The van der Waals surface area contributed by atoms with Crippen molar-refractivity contribution in [1.29, 1.82) is 0 Å². The Morgan fingerprint density at radius 3 is 2.50 bits per heavy atom. The lowest BCUT2D eigenvalue weighted by atomic mass is 9.93. The highest BCUT2D eigenvalue weighted by Gasteiger charge is 2.23. The minimum atomic E-state index is 0.121. The number of ether oxygens (including phenoxy) is 1. The summed E-state index contributed by atoms with van der Waals surface area (Å²) >= 11 is 0. The number of nitrogens with zero attached hydrogens (tertiary/aromatic N) is 2. The second-order valence-corrected chi connectivity index (χ2v) is 6.30. The van der Waals surface area contributed by atoms with E-state index in [2.05, 4.69) is 17.1 Å². The first-order valence-corrected chi connectivity index (χ1v) is 8.64. The van der Waals surface area contributed by atoms with Crippen LogP contribution >= 0.6 is 0 Å². The van der Waals surface area contributed by atoms with Crippen LogP contribution in [0.3, 0.4) is 0 Å². The van der Waals surface area contributed by atoms with Gasteiger partial charge < -0.3 is 9.64 Å². The Kier molecular flexibility index (Phi) is 5.96. The molecule has 1 aliphatic heterocycles. The maximum Gasteiger partial charge on any atom is 0.253 e. The topological polar surface area (TPSA) is 42.4 Å². The number of benzene rings is 1. The molecule has 0 atom stereocenters. The van der Waals surface area contributed by atoms with Crippen LogP contribution < -0.4 is 0 Å². The van der Waals surface area contributed by atoms with Crippen molar-refractivity contribution in [2.45, 2.75) is 25.9 Å². The Hall–Kier alpha value is -2.20. The molecule has 4 nitrogen and oxygen atoms in total. The van der Waals surface area contributed by atoms with Crippen LogP contribution in [0, 0.1) is 5.92 Å². The highest BCUT2D eigenvalue weighted by Crippen LogP contribution is 2.22. The van der Waals surface area contributed by atoms with E-state index in [0.29, 0.717) is 12.5 Å². The van der Waals surface area contributed by atoms with E-state index in [-0.39, 0.29) is 5.91 Å². The van der Waals surface area contributed by atoms with Gasteiger partial charge in [-0.15, -0.1) is 0 Å². The van der Waals surface area contributed by atoms with Gasteiger partial charge in [-0.25, -0.2) is 0 Å². The number of pyridine rings is 1. The minimum Gasteiger partial charge on any atom is -0.377 e. The summed E-state index contributed by atoms with van der Waals surface area (Å²) in [5.74, 6) is 0.776. The lowest BCUT2D eigenvalue weighted by molar-refractivity contribution is 0.0639. The normalized spacial score (nSPS) is 15.4. The summed E-state index contributed by atoms with van der Waals surface area (Å²) in [5, 5.41) is 0. The van der Waals surface area contributed by atoms with Gasteiger partial charge in [-0.3, -0.25) is 9.78 Å². The van der Waals surface area contributed by atoms with Crippen molar-refractivity contribution in [2.24, 2.45) is 5.92 Å². The Labute approximate surface area is 143 Å². The van der Waals surface area contributed by atoms with Crippen LogP contribution in [-0.2, 0) is 11.3 Å². The first-order chi connectivity index (χ1) is 11.8. The number of carbonyl (C=O) groups excluding carboxylic acids is 1. The molecule has 2 aromatic rings. The van der Waals surface area contributed by atoms with Gasteiger partial charge in [-0.2, -0.15) is 0 Å². The van der Waals surface area contributed by atoms with E-state index in [0.717, 1.165) is 44.5 Å². The Balaban J connectivity index is 1.36. The fraction of sp³-hybridized carbons (Fsp3) is 0.400. The highest BCUT2D eigenvalue weighted by atomic mass is 16.5. The number of carbonyl (C=O) groups is 1. The van der Waals surface area contributed by atoms with E-state index in [1.807, 2.05) is 23.1 Å². The van der Waals surface area contributed by atoms with Crippen LogP contribution in [0.2, 0.25) is 0 Å². The SMILES string of the molecule is O=C(c1ccncc1)N1CCC(CCOCc2ccccc2)CC1. The van der Waals surface area contributed by atoms with Crippen molar-refractivity contribution < 1.29 is 9.53 Å². The van der Waals surface area contributed by atoms with Crippen molar-refractivity contribution in [2.75, 3.05) is 19.7 Å². The predicted molar refractivity (Wildman–Crippen MR) is 93.6 cm³/mol. The van der Waals surface area contributed by atoms with Crippen molar-refractivity contribution in [3.05, 3.63) is 66.0 Å². The molecule has 0 spiro atoms. The van der Waals surface area contributed by atoms with Gasteiger partial charge in [0.1, 0.15) is 0 Å². The molecule has 0 aliphatic carbocycles. The molecule has 3 rings (SSSR count). The molecule has 1 saturated heterocycles. The third-order valence-corrected chi connectivity index (χ3v) is 4.61. The molecule has 1 fully saturated rings. The zero-order valence-corrected chi connectivity index (χ0v) is 13.9. The predicted octanol–water partition coefficient (Wildman–Crippen LogP) is 3.54. The fourth-order valence-corrected chi connectivity index (χ4v) is 3.12. The number of amides is 1. The summed E-state index contributed by atoms with van der Waals surface area (Å²) in [5.41, 5.74) is 1.95. The van der Waals surface area contributed by atoms with Gasteiger partial charge in [0, 0.05) is 37.7 Å². The molecule has 2 heterocycles. The van der Waals surface area contributed by atoms with Crippen LogP contribution in [-0.4, -0.2) is 35.5 Å². The molecule has 1 aromatic heterocycles. The lowest BCUT2D eigenvalue weighted by Gasteiger charge is -2.32. The molecule has 1 aromatic carbocycles. The number of hydrogen-bond donors (Lipinski definition) is 0. The highest BCUT2D eigenvalue weighted by molar-refractivity contribution is 5.94. The van der Waals surface area contributed by atoms with Crippen molar-refractivity contribution in [3.8, 4) is 0 Å². The average Bonchev–Trinajstić information content (AvgIpc) is 2.67. The van der Waals surface area contributed by atoms with Crippen molar-refractivity contribution in [3.63, 3.8) is 0 Å². The van der Waals surface area contributed by atoms with Crippen LogP contribution in [0.4, 0.5) is 0 Å². The second kappa shape index (κ2) is 8.60. The quantitative estimate of drug-likeness (QED) is 0.763. The molecule has 1 amide bonds. The average molecular weight is 324 g/mol. The molecule has 24 heavy (non-hydrogen) atoms. The van der Waals surface area contributed by atoms with E-state index < -0.39 is 0 Å². The summed E-state index contributed by atoms with van der Waals surface area (Å²) in [4.78, 5) is 18.3. The summed E-state index contributed by atoms with van der Waals surface area (Å²) in [7, 11) is 0. The zero-order chi connectivity index (χ0) is 16.6. The zero-order valence-electron chi connectivity index (χ0n) is 13.9. The van der Waals surface area contributed by atoms with E-state index >= 15 is 0 Å². The number of rotatable bonds is 6. The first-order valence-electron chi connectivity index (χ1n) is 8.64. The summed E-state index contributed by atoms with van der Waals surface area (Å²) in [6, 6.07) is 13.8. The van der Waals surface area contributed by atoms with Gasteiger partial charge in [-0.1, -0.05) is 30.3 Å². The molecule has 0 bridgehead atoms. The van der Waals surface area contributed by atoms with Crippen LogP contribution in [0.25, 0.3) is 0 Å². The Morgan fingerprint density at radius 2 is 1.79 bits per heavy atom. The number of piperidine rings is 1. The summed E-state index contributed by atoms with van der Waals surface area (Å²) in [6.07, 6.45) is 6.54. The lowest BCUT2D eigenvalue weighted by Crippen LogP contribution is -2.38. The molecule has 0 radical (unpaired) electrons. The Morgan fingerprint density at radius 1 is 1.08 bits per heavy atom. The van der Waals surface area contributed by atoms with E-state index in [9.17, 15) is 4.79 Å². The monoisotopic (exact) mass is 324 g/mol. The standard InChI is InChI=1S/C20H24N2O2/c23-20(19-6-11-21-12-7-19)22-13-8-17(9-14-22)10-15-24-16-18-4-2-1-3-5-18/h1-7,11-12,17H,8-10,13-16H2. The number of hydrogen-bond acceptors (Lipinski definition) is 3. The van der Waals surface area contributed by atoms with Gasteiger partial charge in [0.05, 0.1) is 6.61 Å². The van der Waals surface area contributed by atoms with Crippen molar-refractivity contribution >= 4 is 5.91 Å². The van der Waals surface area contributed by atoms with Crippen molar-refractivity contribution in [1.82, 2.24) is 9.88 Å². The van der Waals surface area contributed by atoms with Gasteiger partial charge in [0.15, 0.2) is 0 Å². The molecule has 0 N–H and O–H groups in total. The number of likely N-dealkylation sites (tertiary alicyclic amines) is 1. The summed E-state index contributed by atoms with van der Waals surface area (Å²) in [6.45, 7) is 3.15. The third kappa shape index (κ3) is 4.65. The molecular weight excluding hydrogens is 300 g/mol. The minimum absolute atomic E-state index is 0.121. The van der Waals surface area contributed by atoms with E-state index in [1.165, 1.54) is 5.56 Å². The van der Waals surface area contributed by atoms with E-state index in [1.54, 1.807) is 24.5 Å². The van der Waals surface area contributed by atoms with Gasteiger partial charge in [0.25, 0.3) is 5.91 Å². The number of aromatic nitrogens is 1. The molecule has 4 heteroatoms.